The standard InChI is InChI=1S/C27H19Cl2N3O9/c28-17-7-10-19(21(29)12-17)27(37)41-18-8-5-15(6-9-18)23(33)14-40-26(36)16-11-24(34)31(13-16)30-25(35)20-3-1-2-4-22(20)32(38)39/h1-10,12,16H,11,13-14H2,(H,30,35)/t16-/m1/s1. The van der Waals surface area contributed by atoms with Crippen molar-refractivity contribution in [2.24, 2.45) is 5.92 Å². The van der Waals surface area contributed by atoms with E-state index in [4.69, 9.17) is 32.7 Å². The Hall–Kier alpha value is -4.81. The number of nitrogens with zero attached hydrogens (tertiary/aromatic N) is 2. The van der Waals surface area contributed by atoms with Crippen molar-refractivity contribution in [2.75, 3.05) is 13.2 Å². The molecule has 12 nitrogen and oxygen atoms in total. The number of para-hydroxylation sites is 1. The lowest BCUT2D eigenvalue weighted by molar-refractivity contribution is -0.385. The number of nitro groups is 1. The van der Waals surface area contributed by atoms with E-state index in [1.54, 1.807) is 0 Å². The summed E-state index contributed by atoms with van der Waals surface area (Å²) in [5, 5.41) is 12.5. The highest BCUT2D eigenvalue weighted by molar-refractivity contribution is 6.36. The van der Waals surface area contributed by atoms with Crippen molar-refractivity contribution >= 4 is 58.4 Å². The van der Waals surface area contributed by atoms with Crippen molar-refractivity contribution in [1.29, 1.82) is 0 Å². The number of nitro benzene ring substituents is 1. The summed E-state index contributed by atoms with van der Waals surface area (Å²) in [6, 6.07) is 15.0. The number of ketones is 1. The first kappa shape index (κ1) is 29.2. The van der Waals surface area contributed by atoms with Crippen LogP contribution < -0.4 is 10.2 Å². The molecule has 1 saturated heterocycles. The Kier molecular flexibility index (Phi) is 8.95. The van der Waals surface area contributed by atoms with Crippen molar-refractivity contribution in [3.8, 4) is 5.75 Å². The molecule has 210 valence electrons. The molecule has 4 rings (SSSR count). The third kappa shape index (κ3) is 7.04. The Labute approximate surface area is 241 Å². The monoisotopic (exact) mass is 599 g/mol. The van der Waals surface area contributed by atoms with Crippen LogP contribution in [0.2, 0.25) is 10.0 Å². The number of ether oxygens (including phenoxy) is 2. The molecule has 0 bridgehead atoms. The molecule has 2 amide bonds. The van der Waals surface area contributed by atoms with Gasteiger partial charge in [-0.3, -0.25) is 39.7 Å². The molecule has 3 aromatic rings. The number of amides is 2. The smallest absolute Gasteiger partial charge is 0.345 e. The Bertz CT molecular complexity index is 1560. The summed E-state index contributed by atoms with van der Waals surface area (Å²) in [6.45, 7) is -0.860. The van der Waals surface area contributed by atoms with Crippen LogP contribution in [0.1, 0.15) is 37.5 Å². The van der Waals surface area contributed by atoms with E-state index in [0.29, 0.717) is 5.02 Å². The number of carbonyl (C=O) groups is 5. The van der Waals surface area contributed by atoms with E-state index in [9.17, 15) is 34.1 Å². The minimum atomic E-state index is -0.970. The molecule has 14 heteroatoms. The third-order valence-electron chi connectivity index (χ3n) is 5.92. The van der Waals surface area contributed by atoms with Crippen molar-refractivity contribution < 1.29 is 38.4 Å². The largest absolute Gasteiger partial charge is 0.457 e. The highest BCUT2D eigenvalue weighted by atomic mass is 35.5. The van der Waals surface area contributed by atoms with E-state index >= 15 is 0 Å². The Morgan fingerprint density at radius 1 is 1.00 bits per heavy atom. The molecule has 1 aliphatic heterocycles. The van der Waals surface area contributed by atoms with Crippen LogP contribution in [0.15, 0.2) is 66.7 Å². The van der Waals surface area contributed by atoms with Gasteiger partial charge in [-0.25, -0.2) is 4.79 Å². The van der Waals surface area contributed by atoms with E-state index in [0.717, 1.165) is 11.1 Å². The molecule has 0 radical (unpaired) electrons. The molecule has 1 atom stereocenters. The number of esters is 2. The maximum Gasteiger partial charge on any atom is 0.345 e. The summed E-state index contributed by atoms with van der Waals surface area (Å²) < 4.78 is 10.3. The number of halogens is 2. The lowest BCUT2D eigenvalue weighted by Gasteiger charge is -2.17. The first-order valence-electron chi connectivity index (χ1n) is 11.9. The van der Waals surface area contributed by atoms with Crippen LogP contribution >= 0.6 is 23.2 Å². The second-order valence-electron chi connectivity index (χ2n) is 8.69. The number of Topliss-reactive ketones (excluding diaryl/α,β-unsaturated/α-hetero) is 1. The third-order valence-corrected chi connectivity index (χ3v) is 6.47. The van der Waals surface area contributed by atoms with E-state index in [1.807, 2.05) is 0 Å². The summed E-state index contributed by atoms with van der Waals surface area (Å²) in [5.74, 6) is -4.43. The predicted molar refractivity (Wildman–Crippen MR) is 144 cm³/mol. The van der Waals surface area contributed by atoms with Gasteiger partial charge in [-0.15, -0.1) is 0 Å². The first-order chi connectivity index (χ1) is 19.5. The molecule has 1 fully saturated rings. The van der Waals surface area contributed by atoms with Gasteiger partial charge in [0.2, 0.25) is 5.91 Å². The van der Waals surface area contributed by atoms with E-state index < -0.39 is 52.7 Å². The minimum Gasteiger partial charge on any atom is -0.457 e. The van der Waals surface area contributed by atoms with Gasteiger partial charge >= 0.3 is 11.9 Å². The molecule has 0 aliphatic carbocycles. The number of rotatable bonds is 9. The molecular weight excluding hydrogens is 581 g/mol. The molecular formula is C27H19Cl2N3O9. The summed E-state index contributed by atoms with van der Waals surface area (Å²) in [5.41, 5.74) is 1.85. The van der Waals surface area contributed by atoms with Crippen molar-refractivity contribution in [3.63, 3.8) is 0 Å². The van der Waals surface area contributed by atoms with Crippen LogP contribution in [-0.4, -0.2) is 52.6 Å². The van der Waals surface area contributed by atoms with Gasteiger partial charge in [0.15, 0.2) is 12.4 Å². The molecule has 1 N–H and O–H groups in total. The molecule has 0 unspecified atom stereocenters. The first-order valence-corrected chi connectivity index (χ1v) is 12.6. The van der Waals surface area contributed by atoms with Crippen LogP contribution in [0.25, 0.3) is 0 Å². The fourth-order valence-electron chi connectivity index (χ4n) is 3.85. The fraction of sp³-hybridized carbons (Fsp3) is 0.148. The zero-order valence-electron chi connectivity index (χ0n) is 20.9. The molecule has 41 heavy (non-hydrogen) atoms. The molecule has 0 aromatic heterocycles. The normalized spacial score (nSPS) is 14.3. The average molecular weight is 600 g/mol. The number of hydrogen-bond donors (Lipinski definition) is 1. The minimum absolute atomic E-state index is 0.105. The Morgan fingerprint density at radius 3 is 2.39 bits per heavy atom. The van der Waals surface area contributed by atoms with E-state index in [2.05, 4.69) is 5.43 Å². The number of carbonyl (C=O) groups excluding carboxylic acids is 5. The average Bonchev–Trinajstić information content (AvgIpc) is 3.31. The molecule has 3 aromatic carbocycles. The number of hydrogen-bond acceptors (Lipinski definition) is 9. The second-order valence-corrected chi connectivity index (χ2v) is 9.53. The van der Waals surface area contributed by atoms with Crippen LogP contribution in [0.3, 0.4) is 0 Å². The van der Waals surface area contributed by atoms with Gasteiger partial charge in [0.05, 0.1) is 28.0 Å². The quantitative estimate of drug-likeness (QED) is 0.126. The van der Waals surface area contributed by atoms with Crippen molar-refractivity contribution in [1.82, 2.24) is 10.4 Å². The van der Waals surface area contributed by atoms with Crippen molar-refractivity contribution in [3.05, 3.63) is 104 Å². The van der Waals surface area contributed by atoms with Crippen LogP contribution in [0, 0.1) is 16.0 Å². The Balaban J connectivity index is 1.28. The van der Waals surface area contributed by atoms with E-state index in [-0.39, 0.29) is 40.4 Å². The SMILES string of the molecule is O=C(COC(=O)[C@@H]1CC(=O)N(NC(=O)c2ccccc2[N+](=O)[O-])C1)c1ccc(OC(=O)c2ccc(Cl)cc2Cl)cc1. The highest BCUT2D eigenvalue weighted by Gasteiger charge is 2.37. The number of benzene rings is 3. The topological polar surface area (TPSA) is 162 Å². The number of hydrazine groups is 1. The van der Waals surface area contributed by atoms with Gasteiger partial charge in [0.25, 0.3) is 11.6 Å². The van der Waals surface area contributed by atoms with Gasteiger partial charge in [0.1, 0.15) is 11.3 Å². The van der Waals surface area contributed by atoms with Crippen LogP contribution in [0.5, 0.6) is 5.75 Å². The summed E-state index contributed by atoms with van der Waals surface area (Å²) in [6.07, 6.45) is -0.290. The Morgan fingerprint density at radius 2 is 1.71 bits per heavy atom. The number of nitrogens with one attached hydrogen (secondary N) is 1. The van der Waals surface area contributed by atoms with Gasteiger partial charge in [-0.1, -0.05) is 35.3 Å². The van der Waals surface area contributed by atoms with Crippen molar-refractivity contribution in [2.45, 2.75) is 6.42 Å². The van der Waals surface area contributed by atoms with E-state index in [1.165, 1.54) is 60.7 Å². The van der Waals surface area contributed by atoms with Crippen LogP contribution in [-0.2, 0) is 14.3 Å². The zero-order valence-corrected chi connectivity index (χ0v) is 22.4. The van der Waals surface area contributed by atoms with Gasteiger partial charge in [-0.05, 0) is 48.5 Å². The molecule has 1 heterocycles. The lowest BCUT2D eigenvalue weighted by Crippen LogP contribution is -2.43. The van der Waals surface area contributed by atoms with Gasteiger partial charge in [0, 0.05) is 23.1 Å². The van der Waals surface area contributed by atoms with Gasteiger partial charge in [-0.2, -0.15) is 0 Å². The maximum absolute atomic E-state index is 12.5. The van der Waals surface area contributed by atoms with Crippen LogP contribution in [0.4, 0.5) is 5.69 Å². The maximum atomic E-state index is 12.5. The lowest BCUT2D eigenvalue weighted by atomic mass is 10.1. The summed E-state index contributed by atoms with van der Waals surface area (Å²) in [7, 11) is 0. The predicted octanol–water partition coefficient (Wildman–Crippen LogP) is 4.04. The second kappa shape index (κ2) is 12.6. The fourth-order valence-corrected chi connectivity index (χ4v) is 4.33. The molecule has 0 saturated carbocycles. The molecule has 0 spiro atoms. The van der Waals surface area contributed by atoms with Gasteiger partial charge < -0.3 is 9.47 Å². The summed E-state index contributed by atoms with van der Waals surface area (Å²) in [4.78, 5) is 72.6. The molecule has 1 aliphatic rings. The zero-order chi connectivity index (χ0) is 29.7. The summed E-state index contributed by atoms with van der Waals surface area (Å²) >= 11 is 11.8. The highest BCUT2D eigenvalue weighted by Crippen LogP contribution is 2.24.